The number of benzene rings is 11. The number of hydrogen-bond donors (Lipinski definition) is 2. The minimum Gasteiger partial charge on any atom is -0.490 e. The van der Waals surface area contributed by atoms with Crippen LogP contribution in [-0.2, 0) is 5.41 Å². The summed E-state index contributed by atoms with van der Waals surface area (Å²) in [4.78, 5) is 0. The Morgan fingerprint density at radius 3 is 0.886 bits per heavy atom. The summed E-state index contributed by atoms with van der Waals surface area (Å²) in [6.45, 7) is 6.10. The summed E-state index contributed by atoms with van der Waals surface area (Å²) in [5, 5.41) is 30.7. The zero-order valence-electron chi connectivity index (χ0n) is 39.6. The Morgan fingerprint density at radius 1 is 0.329 bits per heavy atom. The van der Waals surface area contributed by atoms with Gasteiger partial charge in [0.2, 0.25) is 0 Å². The van der Waals surface area contributed by atoms with Crippen molar-refractivity contribution in [1.29, 1.82) is 0 Å². The molecule has 0 aromatic heterocycles. The Kier molecular flexibility index (Phi) is 12.0. The summed E-state index contributed by atoms with van der Waals surface area (Å²) in [7, 11) is 0. The topological polar surface area (TPSA) is 58.9 Å². The maximum atomic E-state index is 10.8. The van der Waals surface area contributed by atoms with Crippen LogP contribution in [0.4, 0.5) is 0 Å². The molecule has 0 aliphatic carbocycles. The lowest BCUT2D eigenvalue weighted by Crippen LogP contribution is -2.26. The zero-order chi connectivity index (χ0) is 47.8. The van der Waals surface area contributed by atoms with Gasteiger partial charge in [-0.15, -0.1) is 0 Å². The van der Waals surface area contributed by atoms with Crippen LogP contribution in [0.15, 0.2) is 224 Å². The first kappa shape index (κ1) is 44.5. The lowest BCUT2D eigenvalue weighted by molar-refractivity contribution is 0.123. The number of ether oxygens (including phenoxy) is 2. The predicted molar refractivity (Wildman–Crippen MR) is 291 cm³/mol. The van der Waals surface area contributed by atoms with Crippen molar-refractivity contribution < 1.29 is 19.7 Å². The highest BCUT2D eigenvalue weighted by molar-refractivity contribution is 5.96. The van der Waals surface area contributed by atoms with E-state index in [0.29, 0.717) is 11.5 Å². The Bertz CT molecular complexity index is 3280. The third-order valence-electron chi connectivity index (χ3n) is 13.9. The first-order valence-electron chi connectivity index (χ1n) is 24.2. The van der Waals surface area contributed by atoms with E-state index in [1.807, 2.05) is 0 Å². The van der Waals surface area contributed by atoms with Crippen LogP contribution in [0.25, 0.3) is 87.6 Å². The Balaban J connectivity index is 1.25. The molecule has 4 nitrogen and oxygen atoms in total. The standard InChI is InChI=1S/C66H54O4/c1-43(67)41-69-64-60(53-29-25-45-15-7-11-19-49(45)33-53)37-58(38-61(64)54-30-26-46-16-8-12-20-50(46)34-54)66(3,57-23-5-4-6-24-57)59-39-62(55-31-27-47-17-9-13-21-51(47)35-55)65(70-42-44(2)68)63(40-59)56-32-28-48-18-10-14-22-52(48)36-56/h4-40,43-44,67-68H,41-42H2,1-3H3. The predicted octanol–water partition coefficient (Wildman–Crippen LogP) is 15.8. The highest BCUT2D eigenvalue weighted by Crippen LogP contribution is 2.51. The van der Waals surface area contributed by atoms with E-state index in [0.717, 1.165) is 104 Å². The van der Waals surface area contributed by atoms with Crippen LogP contribution in [0.3, 0.4) is 0 Å². The molecule has 342 valence electrons. The molecule has 2 unspecified atom stereocenters. The first-order valence-corrected chi connectivity index (χ1v) is 24.2. The van der Waals surface area contributed by atoms with Crippen LogP contribution >= 0.6 is 0 Å². The molecule has 0 spiro atoms. The first-order chi connectivity index (χ1) is 34.2. The van der Waals surface area contributed by atoms with E-state index in [2.05, 4.69) is 231 Å². The molecule has 0 aliphatic heterocycles. The smallest absolute Gasteiger partial charge is 0.135 e. The van der Waals surface area contributed by atoms with Crippen LogP contribution in [0.2, 0.25) is 0 Å². The summed E-state index contributed by atoms with van der Waals surface area (Å²) < 4.78 is 13.7. The van der Waals surface area contributed by atoms with Gasteiger partial charge in [0.05, 0.1) is 12.2 Å². The zero-order valence-corrected chi connectivity index (χ0v) is 39.6. The van der Waals surface area contributed by atoms with Gasteiger partial charge in [-0.25, -0.2) is 0 Å². The summed E-state index contributed by atoms with van der Waals surface area (Å²) in [5.74, 6) is 1.42. The van der Waals surface area contributed by atoms with Crippen LogP contribution in [0, 0.1) is 0 Å². The Hall–Kier alpha value is -8.02. The van der Waals surface area contributed by atoms with Crippen molar-refractivity contribution in [3.8, 4) is 56.0 Å². The van der Waals surface area contributed by atoms with E-state index in [1.54, 1.807) is 13.8 Å². The fraction of sp³-hybridized carbons (Fsp3) is 0.121. The second-order valence-electron chi connectivity index (χ2n) is 18.9. The van der Waals surface area contributed by atoms with Crippen LogP contribution < -0.4 is 9.47 Å². The van der Waals surface area contributed by atoms with E-state index < -0.39 is 17.6 Å². The van der Waals surface area contributed by atoms with E-state index >= 15 is 0 Å². The quantitative estimate of drug-likeness (QED) is 0.113. The van der Waals surface area contributed by atoms with Crippen LogP contribution in [0.5, 0.6) is 11.5 Å². The van der Waals surface area contributed by atoms with Gasteiger partial charge in [0, 0.05) is 27.7 Å². The molecule has 0 radical (unpaired) electrons. The second-order valence-corrected chi connectivity index (χ2v) is 18.9. The average molecular weight is 911 g/mol. The van der Waals surface area contributed by atoms with E-state index in [-0.39, 0.29) is 13.2 Å². The number of aliphatic hydroxyl groups is 2. The van der Waals surface area contributed by atoms with Gasteiger partial charge < -0.3 is 19.7 Å². The molecule has 0 saturated carbocycles. The maximum absolute atomic E-state index is 10.8. The van der Waals surface area contributed by atoms with Gasteiger partial charge in [-0.3, -0.25) is 0 Å². The lowest BCUT2D eigenvalue weighted by atomic mass is 9.68. The van der Waals surface area contributed by atoms with Gasteiger partial charge in [-0.2, -0.15) is 0 Å². The van der Waals surface area contributed by atoms with Gasteiger partial charge >= 0.3 is 0 Å². The molecule has 11 aromatic rings. The molecule has 0 fully saturated rings. The third-order valence-corrected chi connectivity index (χ3v) is 13.9. The number of hydrogen-bond acceptors (Lipinski definition) is 4. The molecule has 70 heavy (non-hydrogen) atoms. The lowest BCUT2D eigenvalue weighted by Gasteiger charge is -2.35. The van der Waals surface area contributed by atoms with Crippen molar-refractivity contribution in [2.75, 3.05) is 13.2 Å². The van der Waals surface area contributed by atoms with Gasteiger partial charge in [0.25, 0.3) is 0 Å². The number of aliphatic hydroxyl groups excluding tert-OH is 2. The summed E-state index contributed by atoms with van der Waals surface area (Å²) in [6.07, 6.45) is -1.39. The maximum Gasteiger partial charge on any atom is 0.135 e. The number of rotatable bonds is 13. The second kappa shape index (κ2) is 18.8. The molecule has 0 aliphatic rings. The van der Waals surface area contributed by atoms with Crippen molar-refractivity contribution in [3.63, 3.8) is 0 Å². The van der Waals surface area contributed by atoms with Gasteiger partial charge in [-0.1, -0.05) is 176 Å². The van der Waals surface area contributed by atoms with Crippen molar-refractivity contribution >= 4 is 43.1 Å². The highest BCUT2D eigenvalue weighted by atomic mass is 16.5. The van der Waals surface area contributed by atoms with E-state index in [9.17, 15) is 10.2 Å². The summed E-state index contributed by atoms with van der Waals surface area (Å²) in [6, 6.07) is 80.2. The van der Waals surface area contributed by atoms with Crippen LogP contribution in [-0.4, -0.2) is 35.6 Å². The molecule has 4 heteroatoms. The summed E-state index contributed by atoms with van der Waals surface area (Å²) >= 11 is 0. The van der Waals surface area contributed by atoms with Gasteiger partial charge in [0.15, 0.2) is 0 Å². The Morgan fingerprint density at radius 2 is 0.600 bits per heavy atom. The fourth-order valence-electron chi connectivity index (χ4n) is 10.1. The molecule has 11 aromatic carbocycles. The largest absolute Gasteiger partial charge is 0.490 e. The van der Waals surface area contributed by atoms with Crippen molar-refractivity contribution in [3.05, 3.63) is 241 Å². The SMILES string of the molecule is CC(O)COc1c(-c2ccc3ccccc3c2)cc(C(C)(c2ccccc2)c2cc(-c3ccc4ccccc4c3)c(OCC(C)O)c(-c3ccc4ccccc4c3)c2)cc1-c1ccc2ccccc2c1. The molecule has 0 heterocycles. The monoisotopic (exact) mass is 910 g/mol. The normalized spacial score (nSPS) is 13.3. The molecule has 2 atom stereocenters. The minimum atomic E-state index is -0.790. The fourth-order valence-corrected chi connectivity index (χ4v) is 10.1. The molecule has 11 rings (SSSR count). The molecular formula is C66H54O4. The van der Waals surface area contributed by atoms with Crippen molar-refractivity contribution in [1.82, 2.24) is 0 Å². The molecular weight excluding hydrogens is 857 g/mol. The van der Waals surface area contributed by atoms with Gasteiger partial charge in [-0.05, 0) is 151 Å². The van der Waals surface area contributed by atoms with E-state index in [4.69, 9.17) is 9.47 Å². The number of fused-ring (bicyclic) bond motifs is 4. The van der Waals surface area contributed by atoms with Crippen molar-refractivity contribution in [2.45, 2.75) is 38.4 Å². The van der Waals surface area contributed by atoms with Gasteiger partial charge in [0.1, 0.15) is 24.7 Å². The molecule has 0 amide bonds. The minimum absolute atomic E-state index is 0.120. The highest BCUT2D eigenvalue weighted by Gasteiger charge is 2.35. The van der Waals surface area contributed by atoms with Crippen LogP contribution in [0.1, 0.15) is 37.5 Å². The average Bonchev–Trinajstić information content (AvgIpc) is 3.40. The molecule has 2 N–H and O–H groups in total. The molecule has 0 bridgehead atoms. The Labute approximate surface area is 409 Å². The van der Waals surface area contributed by atoms with Crippen molar-refractivity contribution in [2.24, 2.45) is 0 Å². The van der Waals surface area contributed by atoms with E-state index in [1.165, 1.54) is 0 Å². The third kappa shape index (κ3) is 8.58. The summed E-state index contributed by atoms with van der Waals surface area (Å²) in [5.41, 5.74) is 10.2. The molecule has 0 saturated heterocycles.